The van der Waals surface area contributed by atoms with Crippen LogP contribution in [-0.2, 0) is 39.8 Å². The zero-order valence-corrected chi connectivity index (χ0v) is 35.6. The molecule has 55 heavy (non-hydrogen) atoms. The van der Waals surface area contributed by atoms with Crippen LogP contribution in [0.4, 0.5) is 10.5 Å². The molecule has 1 aromatic carbocycles. The minimum atomic E-state index is -1.83. The van der Waals surface area contributed by atoms with Gasteiger partial charge in [0.1, 0.15) is 40.7 Å². The molecule has 15 heteroatoms. The van der Waals surface area contributed by atoms with Gasteiger partial charge in [0.15, 0.2) is 5.72 Å². The lowest BCUT2D eigenvalue weighted by Crippen LogP contribution is -2.63. The second-order valence-electron chi connectivity index (χ2n) is 16.0. The standard InChI is InChI=1S/C40H58ClN3O10S/c1-22(2)55-38(6,7)21-33(46)43(9)25(5)36(47)53-31-19-32(45)44(10)27-17-26(18-28(50-11)34(27)41)16-23(3)14-13-15-30(51-12)40(49)20-29(52-37(48)42-40)24(4)35-39(31,8)54-35/h13-15,17-18,22,24-25,29-31,35,49H,16,19-21H2,1-12H3,(H,42,48)/b15-13+,23-14+/t24-,25-,29+,30-,31+,35+,39+,40+/m1/s1. The Labute approximate surface area is 334 Å². The molecule has 0 saturated carbocycles. The van der Waals surface area contributed by atoms with Crippen molar-refractivity contribution in [2.24, 2.45) is 5.92 Å². The van der Waals surface area contributed by atoms with Crippen LogP contribution in [0.25, 0.3) is 0 Å². The van der Waals surface area contributed by atoms with Crippen molar-refractivity contribution in [2.45, 2.75) is 133 Å². The van der Waals surface area contributed by atoms with Crippen molar-refractivity contribution in [1.29, 1.82) is 0 Å². The summed E-state index contributed by atoms with van der Waals surface area (Å²) in [6.07, 6.45) is 1.17. The van der Waals surface area contributed by atoms with Crippen molar-refractivity contribution < 1.29 is 48.0 Å². The number of amides is 3. The van der Waals surface area contributed by atoms with Crippen molar-refractivity contribution in [3.8, 4) is 5.75 Å². The molecule has 3 aliphatic rings. The maximum Gasteiger partial charge on any atom is 0.409 e. The Morgan fingerprint density at radius 1 is 1.22 bits per heavy atom. The number of likely N-dealkylation sites (N-methyl/N-ethyl adjacent to an activating group) is 1. The van der Waals surface area contributed by atoms with Crippen molar-refractivity contribution in [3.05, 3.63) is 46.5 Å². The number of ether oxygens (including phenoxy) is 5. The number of esters is 1. The van der Waals surface area contributed by atoms with Crippen LogP contribution < -0.4 is 15.0 Å². The third-order valence-electron chi connectivity index (χ3n) is 10.7. The van der Waals surface area contributed by atoms with Gasteiger partial charge >= 0.3 is 12.1 Å². The summed E-state index contributed by atoms with van der Waals surface area (Å²) in [7, 11) is 6.07. The Morgan fingerprint density at radius 2 is 1.89 bits per heavy atom. The zero-order valence-electron chi connectivity index (χ0n) is 34.1. The molecule has 2 saturated heterocycles. The molecule has 0 unspecified atom stereocenters. The van der Waals surface area contributed by atoms with Crippen LogP contribution in [0.5, 0.6) is 5.75 Å². The number of carbonyl (C=O) groups is 4. The fraction of sp³-hybridized carbons (Fsp3) is 0.650. The van der Waals surface area contributed by atoms with Crippen LogP contribution in [-0.4, -0.2) is 114 Å². The van der Waals surface area contributed by atoms with E-state index in [9.17, 15) is 24.3 Å². The topological polar surface area (TPSA) is 156 Å². The van der Waals surface area contributed by atoms with Gasteiger partial charge in [-0.15, -0.1) is 0 Å². The average Bonchev–Trinajstić information content (AvgIpc) is 3.79. The van der Waals surface area contributed by atoms with Gasteiger partial charge in [-0.3, -0.25) is 14.9 Å². The second-order valence-corrected chi connectivity index (χ2v) is 18.7. The largest absolute Gasteiger partial charge is 0.495 e. The zero-order chi connectivity index (χ0) is 41.2. The number of halogens is 1. The van der Waals surface area contributed by atoms with Gasteiger partial charge in [0, 0.05) is 44.7 Å². The van der Waals surface area contributed by atoms with Gasteiger partial charge in [-0.05, 0) is 50.1 Å². The Balaban J connectivity index is 1.73. The number of aliphatic hydroxyl groups is 1. The molecule has 4 rings (SSSR count). The molecule has 2 fully saturated rings. The number of methoxy groups -OCH3 is 2. The molecule has 3 amide bonds. The second kappa shape index (κ2) is 17.5. The third-order valence-corrected chi connectivity index (χ3v) is 12.3. The fourth-order valence-electron chi connectivity index (χ4n) is 7.39. The third kappa shape index (κ3) is 10.4. The number of nitrogens with one attached hydrogen (secondary N) is 1. The van der Waals surface area contributed by atoms with E-state index >= 15 is 0 Å². The van der Waals surface area contributed by atoms with Crippen LogP contribution >= 0.6 is 23.4 Å². The Hall–Kier alpha value is -3.30. The van der Waals surface area contributed by atoms with Crippen LogP contribution in [0.1, 0.15) is 80.2 Å². The van der Waals surface area contributed by atoms with Gasteiger partial charge in [-0.2, -0.15) is 11.8 Å². The maximum absolute atomic E-state index is 14.2. The summed E-state index contributed by atoms with van der Waals surface area (Å²) in [6, 6.07) is 2.61. The lowest BCUT2D eigenvalue weighted by molar-refractivity contribution is -0.162. The number of anilines is 1. The van der Waals surface area contributed by atoms with E-state index in [0.29, 0.717) is 23.1 Å². The summed E-state index contributed by atoms with van der Waals surface area (Å²) in [5.41, 5.74) is -0.906. The van der Waals surface area contributed by atoms with Crippen molar-refractivity contribution >= 4 is 52.9 Å². The number of fused-ring (bicyclic) bond motifs is 5. The number of allylic oxidation sites excluding steroid dienone is 3. The normalized spacial score (nSPS) is 30.9. The molecule has 306 valence electrons. The molecule has 2 N–H and O–H groups in total. The SMILES string of the molecule is COc1cc2cc(c1Cl)N(C)C(=O)C[C@H](OC(=O)[C@@H](C)N(C)C(=O)CC(C)(C)SC(C)C)[C@]1(C)O[C@H]1[C@H](C)[C@@H]1C[C@@](O)(NC(=O)O1)[C@H](OC)/C=C/C=C(\C)C2. The Bertz CT molecular complexity index is 1690. The number of thioether (sulfide) groups is 1. The van der Waals surface area contributed by atoms with E-state index in [1.165, 1.54) is 24.0 Å². The van der Waals surface area contributed by atoms with E-state index in [-0.39, 0.29) is 34.9 Å². The highest BCUT2D eigenvalue weighted by Crippen LogP contribution is 2.49. The molecule has 8 atom stereocenters. The van der Waals surface area contributed by atoms with Crippen LogP contribution in [0, 0.1) is 5.92 Å². The molecule has 4 bridgehead atoms. The smallest absolute Gasteiger partial charge is 0.409 e. The van der Waals surface area contributed by atoms with Crippen LogP contribution in [0.3, 0.4) is 0 Å². The van der Waals surface area contributed by atoms with Gasteiger partial charge in [-0.25, -0.2) is 9.59 Å². The Morgan fingerprint density at radius 3 is 2.51 bits per heavy atom. The predicted molar refractivity (Wildman–Crippen MR) is 212 cm³/mol. The van der Waals surface area contributed by atoms with Gasteiger partial charge in [0.05, 0.1) is 25.3 Å². The molecule has 3 heterocycles. The van der Waals surface area contributed by atoms with Gasteiger partial charge in [-0.1, -0.05) is 70.0 Å². The summed E-state index contributed by atoms with van der Waals surface area (Å²) in [5.74, 6) is -1.52. The summed E-state index contributed by atoms with van der Waals surface area (Å²) < 4.78 is 29.0. The van der Waals surface area contributed by atoms with E-state index in [4.69, 9.17) is 35.3 Å². The minimum absolute atomic E-state index is 0.0486. The van der Waals surface area contributed by atoms with Crippen LogP contribution in [0.15, 0.2) is 35.9 Å². The number of alkyl carbamates (subject to hydrolysis) is 1. The van der Waals surface area contributed by atoms with Gasteiger partial charge in [0.2, 0.25) is 11.8 Å². The molecule has 3 aliphatic heterocycles. The first-order valence-electron chi connectivity index (χ1n) is 18.6. The first-order chi connectivity index (χ1) is 25.5. The van der Waals surface area contributed by atoms with E-state index in [2.05, 4.69) is 19.2 Å². The first-order valence-corrected chi connectivity index (χ1v) is 19.8. The molecule has 1 aromatic rings. The quantitative estimate of drug-likeness (QED) is 0.229. The van der Waals surface area contributed by atoms with E-state index in [0.717, 1.165) is 11.1 Å². The number of rotatable bonds is 9. The molecule has 13 nitrogen and oxygen atoms in total. The minimum Gasteiger partial charge on any atom is -0.495 e. The maximum atomic E-state index is 14.2. The van der Waals surface area contributed by atoms with Crippen molar-refractivity contribution in [2.75, 3.05) is 33.2 Å². The summed E-state index contributed by atoms with van der Waals surface area (Å²) in [5, 5.41) is 14.8. The van der Waals surface area contributed by atoms with Crippen molar-refractivity contribution in [1.82, 2.24) is 10.2 Å². The average molecular weight is 808 g/mol. The highest BCUT2D eigenvalue weighted by molar-refractivity contribution is 8.01. The molecule has 0 aliphatic carbocycles. The highest BCUT2D eigenvalue weighted by Gasteiger charge is 2.64. The van der Waals surface area contributed by atoms with Crippen LogP contribution in [0.2, 0.25) is 5.02 Å². The number of benzene rings is 1. The first kappa shape index (κ1) is 44.4. The fourth-order valence-corrected chi connectivity index (χ4v) is 9.18. The summed E-state index contributed by atoms with van der Waals surface area (Å²) >= 11 is 8.46. The summed E-state index contributed by atoms with van der Waals surface area (Å²) in [6.45, 7) is 15.2. The number of epoxide rings is 1. The molecular weight excluding hydrogens is 750 g/mol. The van der Waals surface area contributed by atoms with Gasteiger partial charge in [0.25, 0.3) is 0 Å². The van der Waals surface area contributed by atoms with E-state index < -0.39 is 65.7 Å². The number of hydrogen-bond donors (Lipinski definition) is 2. The number of nitrogens with zero attached hydrogens (tertiary/aromatic N) is 2. The van der Waals surface area contributed by atoms with E-state index in [1.54, 1.807) is 64.0 Å². The van der Waals surface area contributed by atoms with Gasteiger partial charge < -0.3 is 38.6 Å². The monoisotopic (exact) mass is 807 g/mol. The Kier molecular flexibility index (Phi) is 14.1. The highest BCUT2D eigenvalue weighted by atomic mass is 35.5. The lowest BCUT2D eigenvalue weighted by Gasteiger charge is -2.42. The number of hydrogen-bond acceptors (Lipinski definition) is 11. The molecule has 0 spiro atoms. The molecule has 0 aromatic heterocycles. The number of carbonyl (C=O) groups excluding carboxylic acids is 4. The predicted octanol–water partition coefficient (Wildman–Crippen LogP) is 5.82. The molecular formula is C40H58ClN3O10S. The van der Waals surface area contributed by atoms with E-state index in [1.807, 2.05) is 33.8 Å². The molecule has 0 radical (unpaired) electrons. The van der Waals surface area contributed by atoms with Crippen molar-refractivity contribution in [3.63, 3.8) is 0 Å². The lowest BCUT2D eigenvalue weighted by atomic mass is 9.83. The summed E-state index contributed by atoms with van der Waals surface area (Å²) in [4.78, 5) is 57.2.